The molecule has 0 aromatic rings. The Morgan fingerprint density at radius 1 is 0.811 bits per heavy atom. The van der Waals surface area contributed by atoms with E-state index < -0.39 is 25.2 Å². The molecule has 0 aromatic carbocycles. The number of aliphatic hydroxyl groups is 2. The van der Waals surface area contributed by atoms with E-state index in [0.717, 1.165) is 31.1 Å². The maximum absolute atomic E-state index is 12.0. The van der Waals surface area contributed by atoms with Gasteiger partial charge in [0.15, 0.2) is 0 Å². The highest BCUT2D eigenvalue weighted by Crippen LogP contribution is 2.36. The van der Waals surface area contributed by atoms with Crippen LogP contribution in [0.1, 0.15) is 90.4 Å². The molecule has 7 nitrogen and oxygen atoms in total. The van der Waals surface area contributed by atoms with Gasteiger partial charge in [0, 0.05) is 5.92 Å². The highest BCUT2D eigenvalue weighted by atomic mass is 16.5. The van der Waals surface area contributed by atoms with Gasteiger partial charge in [0.05, 0.1) is 50.3 Å². The maximum atomic E-state index is 12.0. The molecule has 1 aliphatic carbocycles. The third-order valence-electron chi connectivity index (χ3n) is 8.22. The zero-order valence-corrected chi connectivity index (χ0v) is 23.0. The number of hydrogen-bond donors (Lipinski definition) is 2. The lowest BCUT2D eigenvalue weighted by Gasteiger charge is -2.35. The molecule has 7 heteroatoms. The van der Waals surface area contributed by atoms with E-state index >= 15 is 0 Å². The van der Waals surface area contributed by atoms with E-state index in [0.29, 0.717) is 6.61 Å². The minimum atomic E-state index is -0.663. The zero-order valence-electron chi connectivity index (χ0n) is 23.0. The Labute approximate surface area is 223 Å². The van der Waals surface area contributed by atoms with E-state index in [1.165, 1.54) is 64.2 Å². The van der Waals surface area contributed by atoms with Crippen LogP contribution < -0.4 is 0 Å². The Hall–Kier alpha value is -1.70. The van der Waals surface area contributed by atoms with Crippen molar-refractivity contribution >= 4 is 11.9 Å². The predicted octanol–water partition coefficient (Wildman–Crippen LogP) is 5.14. The molecule has 2 N–H and O–H groups in total. The van der Waals surface area contributed by atoms with Crippen molar-refractivity contribution in [2.45, 2.75) is 96.5 Å². The van der Waals surface area contributed by atoms with E-state index in [4.69, 9.17) is 24.4 Å². The molecule has 212 valence electrons. The van der Waals surface area contributed by atoms with Gasteiger partial charge < -0.3 is 24.4 Å². The standard InChI is InChI=1S/C30H50O7/c1-4-5-6-7-8-24-9-11-25(12-10-24)13-15-28-16-14-26(19-35-28)27(20-36-29(33)22(2)17-31)21-37-30(34)23(3)18-32/h24-28,31-32H,2-21H2,1H3. The quantitative estimate of drug-likeness (QED) is 0.155. The van der Waals surface area contributed by atoms with Gasteiger partial charge in [-0.3, -0.25) is 0 Å². The van der Waals surface area contributed by atoms with Crippen molar-refractivity contribution in [2.24, 2.45) is 23.7 Å². The number of hydrogen-bond acceptors (Lipinski definition) is 7. The van der Waals surface area contributed by atoms with Crippen LogP contribution >= 0.6 is 0 Å². The van der Waals surface area contributed by atoms with Crippen LogP contribution in [0.15, 0.2) is 24.3 Å². The number of esters is 2. The van der Waals surface area contributed by atoms with Crippen molar-refractivity contribution < 1.29 is 34.0 Å². The fourth-order valence-corrected chi connectivity index (χ4v) is 5.53. The van der Waals surface area contributed by atoms with Crippen LogP contribution in [0.4, 0.5) is 0 Å². The molecule has 1 saturated heterocycles. The molecule has 2 rings (SSSR count). The average molecular weight is 523 g/mol. The molecule has 1 saturated carbocycles. The number of aliphatic hydroxyl groups excluding tert-OH is 2. The summed E-state index contributed by atoms with van der Waals surface area (Å²) in [5.74, 6) is 0.250. The fourth-order valence-electron chi connectivity index (χ4n) is 5.53. The number of ether oxygens (including phenoxy) is 3. The van der Waals surface area contributed by atoms with Crippen LogP contribution in [-0.2, 0) is 23.8 Å². The Balaban J connectivity index is 1.74. The molecule has 37 heavy (non-hydrogen) atoms. The van der Waals surface area contributed by atoms with Gasteiger partial charge in [0.2, 0.25) is 0 Å². The maximum Gasteiger partial charge on any atom is 0.335 e. The van der Waals surface area contributed by atoms with Crippen LogP contribution in [0.3, 0.4) is 0 Å². The van der Waals surface area contributed by atoms with Gasteiger partial charge in [0.25, 0.3) is 0 Å². The summed E-state index contributed by atoms with van der Waals surface area (Å²) in [4.78, 5) is 23.9. The summed E-state index contributed by atoms with van der Waals surface area (Å²) in [7, 11) is 0. The van der Waals surface area contributed by atoms with Gasteiger partial charge in [-0.05, 0) is 43.4 Å². The van der Waals surface area contributed by atoms with Crippen LogP contribution in [-0.4, -0.2) is 61.3 Å². The van der Waals surface area contributed by atoms with Gasteiger partial charge in [0.1, 0.15) is 0 Å². The smallest absolute Gasteiger partial charge is 0.335 e. The van der Waals surface area contributed by atoms with E-state index in [-0.39, 0.29) is 42.3 Å². The van der Waals surface area contributed by atoms with Gasteiger partial charge in [-0.1, -0.05) is 77.9 Å². The Morgan fingerprint density at radius 3 is 1.86 bits per heavy atom. The molecule has 2 unspecified atom stereocenters. The van der Waals surface area contributed by atoms with E-state index in [1.807, 2.05) is 0 Å². The largest absolute Gasteiger partial charge is 0.462 e. The first-order valence-electron chi connectivity index (χ1n) is 14.4. The number of carbonyl (C=O) groups is 2. The van der Waals surface area contributed by atoms with Gasteiger partial charge in [-0.15, -0.1) is 0 Å². The van der Waals surface area contributed by atoms with Crippen LogP contribution in [0.25, 0.3) is 0 Å². The third-order valence-corrected chi connectivity index (χ3v) is 8.22. The van der Waals surface area contributed by atoms with Crippen molar-refractivity contribution in [3.63, 3.8) is 0 Å². The molecular formula is C30H50O7. The van der Waals surface area contributed by atoms with Gasteiger partial charge >= 0.3 is 11.9 Å². The summed E-state index contributed by atoms with van der Waals surface area (Å²) in [5.41, 5.74) is -0.0372. The van der Waals surface area contributed by atoms with E-state index in [1.54, 1.807) is 0 Å². The average Bonchev–Trinajstić information content (AvgIpc) is 2.94. The molecule has 0 spiro atoms. The molecule has 2 atom stereocenters. The second-order valence-electron chi connectivity index (χ2n) is 11.1. The Bertz CT molecular complexity index is 671. The Morgan fingerprint density at radius 2 is 1.38 bits per heavy atom. The fraction of sp³-hybridized carbons (Fsp3) is 0.800. The predicted molar refractivity (Wildman–Crippen MR) is 144 cm³/mol. The number of rotatable bonds is 17. The molecule has 0 aromatic heterocycles. The zero-order chi connectivity index (χ0) is 27.0. The van der Waals surface area contributed by atoms with E-state index in [9.17, 15) is 9.59 Å². The third kappa shape index (κ3) is 11.7. The van der Waals surface area contributed by atoms with Gasteiger partial charge in [-0.2, -0.15) is 0 Å². The first-order valence-corrected chi connectivity index (χ1v) is 14.4. The number of unbranched alkanes of at least 4 members (excludes halogenated alkanes) is 3. The molecule has 1 aliphatic heterocycles. The minimum Gasteiger partial charge on any atom is -0.462 e. The van der Waals surface area contributed by atoms with Crippen molar-refractivity contribution in [1.29, 1.82) is 0 Å². The topological polar surface area (TPSA) is 102 Å². The van der Waals surface area contributed by atoms with Crippen molar-refractivity contribution in [2.75, 3.05) is 33.0 Å². The first kappa shape index (κ1) is 31.5. The molecule has 0 bridgehead atoms. The first-order chi connectivity index (χ1) is 17.9. The van der Waals surface area contributed by atoms with Crippen molar-refractivity contribution in [1.82, 2.24) is 0 Å². The summed E-state index contributed by atoms with van der Waals surface area (Å²) >= 11 is 0. The second-order valence-corrected chi connectivity index (χ2v) is 11.1. The minimum absolute atomic E-state index is 0.0186. The normalized spacial score (nSPS) is 24.0. The summed E-state index contributed by atoms with van der Waals surface area (Å²) in [6, 6.07) is 0. The molecule has 0 amide bonds. The Kier molecular flexibility index (Phi) is 15.1. The summed E-state index contributed by atoms with van der Waals surface area (Å²) in [6.07, 6.45) is 16.7. The SMILES string of the molecule is C=C(CO)C(=O)OCC(COC(=O)C(=C)CO)C1CCC(CCC2CCC(CCCCCC)CC2)OC1. The van der Waals surface area contributed by atoms with Crippen LogP contribution in [0.2, 0.25) is 0 Å². The lowest BCUT2D eigenvalue weighted by atomic mass is 9.77. The molecule has 2 fully saturated rings. The lowest BCUT2D eigenvalue weighted by molar-refractivity contribution is -0.148. The highest BCUT2D eigenvalue weighted by Gasteiger charge is 2.31. The van der Waals surface area contributed by atoms with E-state index in [2.05, 4.69) is 20.1 Å². The molecule has 0 radical (unpaired) electrons. The summed E-state index contributed by atoms with van der Waals surface area (Å²) in [5, 5.41) is 18.2. The number of carbonyl (C=O) groups excluding carboxylic acids is 2. The molecule has 2 aliphatic rings. The van der Waals surface area contributed by atoms with Crippen molar-refractivity contribution in [3.05, 3.63) is 24.3 Å². The second kappa shape index (κ2) is 17.7. The summed E-state index contributed by atoms with van der Waals surface area (Å²) < 4.78 is 16.8. The van der Waals surface area contributed by atoms with Crippen LogP contribution in [0, 0.1) is 23.7 Å². The molecular weight excluding hydrogens is 472 g/mol. The van der Waals surface area contributed by atoms with Crippen molar-refractivity contribution in [3.8, 4) is 0 Å². The summed E-state index contributed by atoms with van der Waals surface area (Å²) in [6.45, 7) is 8.91. The van der Waals surface area contributed by atoms with Crippen LogP contribution in [0.5, 0.6) is 0 Å². The monoisotopic (exact) mass is 522 g/mol. The molecule has 1 heterocycles. The van der Waals surface area contributed by atoms with Gasteiger partial charge in [-0.25, -0.2) is 9.59 Å². The highest BCUT2D eigenvalue weighted by molar-refractivity contribution is 5.88. The lowest BCUT2D eigenvalue weighted by Crippen LogP contribution is -2.36.